The number of carboxylic acids is 2. The fourth-order valence-corrected chi connectivity index (χ4v) is 3.46. The largest absolute Gasteiger partial charge is 0.480 e. The fourth-order valence-electron chi connectivity index (χ4n) is 3.46. The molecule has 18 heteroatoms. The number of azide groups is 2. The molecule has 4 unspecified atom stereocenters. The van der Waals surface area contributed by atoms with E-state index in [9.17, 15) is 54.9 Å². The molecule has 0 fully saturated rings. The van der Waals surface area contributed by atoms with E-state index in [4.69, 9.17) is 11.1 Å². The lowest BCUT2D eigenvalue weighted by molar-refractivity contribution is -0.158. The second-order valence-electron chi connectivity index (χ2n) is 6.81. The molecular weight excluding hydrogens is 492 g/mol. The first kappa shape index (κ1) is 26.2. The van der Waals surface area contributed by atoms with Crippen LogP contribution in [-0.4, -0.2) is 34.5 Å². The maximum atomic E-state index is 14.7. The van der Waals surface area contributed by atoms with Crippen LogP contribution >= 0.6 is 0 Å². The highest BCUT2D eigenvalue weighted by Crippen LogP contribution is 2.56. The van der Waals surface area contributed by atoms with Gasteiger partial charge in [0.2, 0.25) is 0 Å². The molecule has 0 radical (unpaired) electrons. The smallest absolute Gasteiger partial charge is 0.320 e. The van der Waals surface area contributed by atoms with Crippen molar-refractivity contribution in [2.45, 2.75) is 25.2 Å². The monoisotopic (exact) mass is 500 g/mol. The summed E-state index contributed by atoms with van der Waals surface area (Å²) < 4.78 is 116. The van der Waals surface area contributed by atoms with Crippen LogP contribution in [0.1, 0.15) is 12.8 Å². The first-order valence-electron chi connectivity index (χ1n) is 8.53. The van der Waals surface area contributed by atoms with Gasteiger partial charge in [-0.1, -0.05) is 10.2 Å². The SMILES string of the molecule is [N-]=[N+]=NC1=C(F)C(F)C(CCC2(C(=O)O)C(F)=C(F)C(N=[N+]=[N-])=C(F)C2F)(C(=O)O)C(F)=C1F. The molecule has 0 aromatic rings. The Hall–Kier alpha value is -4.04. The van der Waals surface area contributed by atoms with Crippen molar-refractivity contribution in [2.75, 3.05) is 0 Å². The van der Waals surface area contributed by atoms with E-state index >= 15 is 0 Å². The van der Waals surface area contributed by atoms with E-state index in [-0.39, 0.29) is 0 Å². The van der Waals surface area contributed by atoms with Gasteiger partial charge in [-0.3, -0.25) is 9.59 Å². The lowest BCUT2D eigenvalue weighted by Crippen LogP contribution is -2.49. The maximum Gasteiger partial charge on any atom is 0.320 e. The van der Waals surface area contributed by atoms with Gasteiger partial charge in [-0.25, -0.2) is 35.1 Å². The van der Waals surface area contributed by atoms with E-state index in [1.54, 1.807) is 0 Å². The van der Waals surface area contributed by atoms with Gasteiger partial charge in [0.05, 0.1) is 0 Å². The third-order valence-corrected chi connectivity index (χ3v) is 5.31. The van der Waals surface area contributed by atoms with Gasteiger partial charge in [0.1, 0.15) is 23.0 Å². The molecule has 0 saturated carbocycles. The van der Waals surface area contributed by atoms with Gasteiger partial charge in [0.15, 0.2) is 46.5 Å². The van der Waals surface area contributed by atoms with Crippen molar-refractivity contribution >= 4 is 11.9 Å². The second-order valence-corrected chi connectivity index (χ2v) is 6.81. The zero-order valence-electron chi connectivity index (χ0n) is 16.0. The molecular formula is C16H8F8N6O4. The van der Waals surface area contributed by atoms with Crippen molar-refractivity contribution in [1.82, 2.24) is 0 Å². The van der Waals surface area contributed by atoms with Gasteiger partial charge in [0.25, 0.3) is 0 Å². The molecule has 0 saturated heterocycles. The zero-order chi connectivity index (χ0) is 26.2. The summed E-state index contributed by atoms with van der Waals surface area (Å²) in [6.45, 7) is 0. The van der Waals surface area contributed by atoms with Crippen LogP contribution in [0.25, 0.3) is 20.9 Å². The Kier molecular flexibility index (Phi) is 6.99. The molecule has 2 N–H and O–H groups in total. The average molecular weight is 500 g/mol. The molecule has 0 aromatic heterocycles. The van der Waals surface area contributed by atoms with Gasteiger partial charge in [-0.05, 0) is 23.9 Å². The number of aliphatic carboxylic acids is 2. The molecule has 0 aliphatic heterocycles. The average Bonchev–Trinajstić information content (AvgIpc) is 2.78. The molecule has 0 bridgehead atoms. The molecule has 182 valence electrons. The van der Waals surface area contributed by atoms with E-state index in [0.717, 1.165) is 0 Å². The summed E-state index contributed by atoms with van der Waals surface area (Å²) in [5, 5.41) is 23.4. The third-order valence-electron chi connectivity index (χ3n) is 5.31. The molecule has 2 aliphatic rings. The topological polar surface area (TPSA) is 172 Å². The second kappa shape index (κ2) is 9.07. The Morgan fingerprint density at radius 2 is 1.06 bits per heavy atom. The normalized spacial score (nSPS) is 29.6. The first-order chi connectivity index (χ1) is 15.8. The Morgan fingerprint density at radius 3 is 1.29 bits per heavy atom. The van der Waals surface area contributed by atoms with Crippen molar-refractivity contribution in [2.24, 2.45) is 21.1 Å². The van der Waals surface area contributed by atoms with Crippen LogP contribution in [0, 0.1) is 10.8 Å². The van der Waals surface area contributed by atoms with Crippen LogP contribution < -0.4 is 0 Å². The number of nitrogens with zero attached hydrogens (tertiary/aromatic N) is 6. The molecule has 2 rings (SSSR count). The van der Waals surface area contributed by atoms with Crippen molar-refractivity contribution in [3.8, 4) is 0 Å². The van der Waals surface area contributed by atoms with E-state index in [1.807, 2.05) is 9.82 Å². The zero-order valence-corrected chi connectivity index (χ0v) is 16.0. The summed E-state index contributed by atoms with van der Waals surface area (Å²) in [6, 6.07) is 0. The minimum atomic E-state index is -4.02. The molecule has 2 aliphatic carbocycles. The summed E-state index contributed by atoms with van der Waals surface area (Å²) >= 11 is 0. The van der Waals surface area contributed by atoms with E-state index in [0.29, 0.717) is 0 Å². The quantitative estimate of drug-likeness (QED) is 0.192. The van der Waals surface area contributed by atoms with E-state index < -0.39 is 94.3 Å². The number of carbonyl (C=O) groups is 2. The number of carboxylic acid groups (broad SMARTS) is 2. The van der Waals surface area contributed by atoms with Crippen molar-refractivity contribution in [3.05, 3.63) is 67.2 Å². The fraction of sp³-hybridized carbons (Fsp3) is 0.375. The minimum Gasteiger partial charge on any atom is -0.480 e. The highest BCUT2D eigenvalue weighted by Gasteiger charge is 2.63. The van der Waals surface area contributed by atoms with Crippen molar-refractivity contribution < 1.29 is 54.9 Å². The van der Waals surface area contributed by atoms with Crippen LogP contribution in [0.15, 0.2) is 56.6 Å². The van der Waals surface area contributed by atoms with Gasteiger partial charge < -0.3 is 10.2 Å². The van der Waals surface area contributed by atoms with Crippen LogP contribution in [0.4, 0.5) is 35.1 Å². The predicted molar refractivity (Wildman–Crippen MR) is 92.2 cm³/mol. The minimum absolute atomic E-state index is 1.90. The number of hydrogen-bond acceptors (Lipinski definition) is 4. The van der Waals surface area contributed by atoms with Crippen LogP contribution in [0.2, 0.25) is 0 Å². The van der Waals surface area contributed by atoms with E-state index in [2.05, 4.69) is 10.2 Å². The predicted octanol–water partition coefficient (Wildman–Crippen LogP) is 5.90. The van der Waals surface area contributed by atoms with Gasteiger partial charge >= 0.3 is 11.9 Å². The molecule has 0 heterocycles. The Labute approximate surface area is 181 Å². The number of alkyl halides is 2. The van der Waals surface area contributed by atoms with E-state index in [1.165, 1.54) is 0 Å². The lowest BCUT2D eigenvalue weighted by Gasteiger charge is -2.38. The molecule has 4 atom stereocenters. The Bertz CT molecular complexity index is 1110. The van der Waals surface area contributed by atoms with Crippen molar-refractivity contribution in [1.29, 1.82) is 0 Å². The number of allylic oxidation sites excluding steroid dienone is 4. The summed E-state index contributed by atoms with van der Waals surface area (Å²) in [5.41, 5.74) is 4.63. The number of rotatable bonds is 7. The number of hydrogen-bond donors (Lipinski definition) is 2. The first-order valence-corrected chi connectivity index (χ1v) is 8.53. The molecule has 0 spiro atoms. The maximum absolute atomic E-state index is 14.7. The Morgan fingerprint density at radius 1 is 0.765 bits per heavy atom. The molecule has 34 heavy (non-hydrogen) atoms. The third kappa shape index (κ3) is 3.43. The van der Waals surface area contributed by atoms with Gasteiger partial charge in [0, 0.05) is 9.82 Å². The summed E-state index contributed by atoms with van der Waals surface area (Å²) in [6.07, 6.45) is -11.4. The summed E-state index contributed by atoms with van der Waals surface area (Å²) in [4.78, 5) is 27.2. The standard InChI is InChI=1S/C16H8F8N6O4/c17-3-7(27-29-25)4(18)10(22)15(9(3)21,13(31)32)1-2-16(14(33)34)11(23)5(19)8(28-30-26)6(20)12(16)24/h9,11H,1-2H2,(H,31,32)(H,33,34). The van der Waals surface area contributed by atoms with Gasteiger partial charge in [-0.2, -0.15) is 0 Å². The molecule has 0 amide bonds. The summed E-state index contributed by atoms with van der Waals surface area (Å²) in [7, 11) is 0. The van der Waals surface area contributed by atoms with Crippen LogP contribution in [0.3, 0.4) is 0 Å². The highest BCUT2D eigenvalue weighted by atomic mass is 19.2. The lowest BCUT2D eigenvalue weighted by atomic mass is 9.66. The Balaban J connectivity index is 2.72. The van der Waals surface area contributed by atoms with Gasteiger partial charge in [-0.15, -0.1) is 0 Å². The highest BCUT2D eigenvalue weighted by molar-refractivity contribution is 5.83. The summed E-state index contributed by atoms with van der Waals surface area (Å²) in [5.74, 6) is -20.7. The molecule has 0 aromatic carbocycles. The van der Waals surface area contributed by atoms with Crippen molar-refractivity contribution in [3.63, 3.8) is 0 Å². The number of halogens is 8. The molecule has 10 nitrogen and oxygen atoms in total. The van der Waals surface area contributed by atoms with Crippen LogP contribution in [-0.2, 0) is 9.59 Å². The van der Waals surface area contributed by atoms with Crippen LogP contribution in [0.5, 0.6) is 0 Å².